The highest BCUT2D eigenvalue weighted by Gasteiger charge is 2.24. The number of ketones is 1. The second-order valence-corrected chi connectivity index (χ2v) is 8.36. The summed E-state index contributed by atoms with van der Waals surface area (Å²) in [6.07, 6.45) is 7.04. The molecule has 1 atom stereocenters. The number of aliphatic hydroxyl groups excluding tert-OH is 1. The number of carbonyl (C=O) groups is 2. The molecule has 1 aliphatic heterocycles. The first kappa shape index (κ1) is 28.5. The SMILES string of the molecule is CC(=O)C(=N)c1ccc(O)cc1NCCOCN1C=CC[C@H]1C(N)=O.CO.[HH].c1ccc(C2CC2)cc1. The van der Waals surface area contributed by atoms with Crippen LogP contribution in [0.5, 0.6) is 5.75 Å². The Bertz CT molecular complexity index is 1040. The van der Waals surface area contributed by atoms with E-state index in [2.05, 4.69) is 35.6 Å². The van der Waals surface area contributed by atoms with E-state index in [0.717, 1.165) is 13.0 Å². The van der Waals surface area contributed by atoms with Crippen molar-refractivity contribution in [2.24, 2.45) is 5.73 Å². The van der Waals surface area contributed by atoms with E-state index in [4.69, 9.17) is 21.0 Å². The Kier molecular flexibility index (Phi) is 11.6. The van der Waals surface area contributed by atoms with Crippen LogP contribution >= 0.6 is 0 Å². The lowest BCUT2D eigenvalue weighted by Crippen LogP contribution is -2.40. The van der Waals surface area contributed by atoms with E-state index in [9.17, 15) is 14.7 Å². The van der Waals surface area contributed by atoms with E-state index in [1.807, 2.05) is 6.08 Å². The maximum atomic E-state index is 11.4. The lowest BCUT2D eigenvalue weighted by atomic mass is 10.0. The highest BCUT2D eigenvalue weighted by atomic mass is 16.5. The summed E-state index contributed by atoms with van der Waals surface area (Å²) in [6, 6.07) is 14.8. The van der Waals surface area contributed by atoms with Crippen molar-refractivity contribution in [2.45, 2.75) is 38.1 Å². The third-order valence-electron chi connectivity index (χ3n) is 5.66. The fourth-order valence-electron chi connectivity index (χ4n) is 3.63. The molecule has 2 aromatic rings. The van der Waals surface area contributed by atoms with Gasteiger partial charge in [0, 0.05) is 39.3 Å². The Balaban J connectivity index is 0.000000472. The summed E-state index contributed by atoms with van der Waals surface area (Å²) >= 11 is 0. The number of nitrogens with zero attached hydrogens (tertiary/aromatic N) is 1. The van der Waals surface area contributed by atoms with Crippen molar-refractivity contribution >= 4 is 23.1 Å². The summed E-state index contributed by atoms with van der Waals surface area (Å²) < 4.78 is 5.52. The monoisotopic (exact) mass is 498 g/mol. The average Bonchev–Trinajstić information content (AvgIpc) is 3.63. The molecule has 0 aromatic heterocycles. The number of ether oxygens (including phenoxy) is 1. The normalized spacial score (nSPS) is 15.8. The third kappa shape index (κ3) is 8.83. The topological polar surface area (TPSA) is 149 Å². The summed E-state index contributed by atoms with van der Waals surface area (Å²) in [5, 5.41) is 27.5. The number of aliphatic hydroxyl groups is 1. The van der Waals surface area contributed by atoms with Crippen molar-refractivity contribution < 1.29 is 26.0 Å². The van der Waals surface area contributed by atoms with E-state index in [0.29, 0.717) is 30.8 Å². The van der Waals surface area contributed by atoms with E-state index >= 15 is 0 Å². The molecule has 1 fully saturated rings. The fourth-order valence-corrected chi connectivity index (χ4v) is 3.63. The lowest BCUT2D eigenvalue weighted by Gasteiger charge is -2.22. The van der Waals surface area contributed by atoms with Gasteiger partial charge in [-0.2, -0.15) is 0 Å². The minimum Gasteiger partial charge on any atom is -0.508 e. The number of phenols is 1. The molecule has 9 heteroatoms. The van der Waals surface area contributed by atoms with Gasteiger partial charge in [0.05, 0.1) is 6.61 Å². The van der Waals surface area contributed by atoms with Crippen molar-refractivity contribution in [3.05, 3.63) is 71.9 Å². The van der Waals surface area contributed by atoms with Crippen LogP contribution < -0.4 is 11.1 Å². The minimum atomic E-state index is -0.390. The van der Waals surface area contributed by atoms with Crippen molar-refractivity contribution in [2.75, 3.05) is 32.3 Å². The molecule has 0 unspecified atom stereocenters. The van der Waals surface area contributed by atoms with Crippen LogP contribution in [0.15, 0.2) is 60.8 Å². The van der Waals surface area contributed by atoms with Crippen LogP contribution in [-0.2, 0) is 14.3 Å². The van der Waals surface area contributed by atoms with Crippen LogP contribution in [0.4, 0.5) is 5.69 Å². The molecular weight excluding hydrogens is 460 g/mol. The van der Waals surface area contributed by atoms with Crippen LogP contribution in [0.2, 0.25) is 0 Å². The molecule has 36 heavy (non-hydrogen) atoms. The number of hydrogen-bond acceptors (Lipinski definition) is 8. The molecule has 1 saturated carbocycles. The molecule has 9 nitrogen and oxygen atoms in total. The number of hydrogen-bond donors (Lipinski definition) is 5. The number of nitrogens with two attached hydrogens (primary N) is 1. The number of primary amides is 1. The summed E-state index contributed by atoms with van der Waals surface area (Å²) in [4.78, 5) is 24.4. The zero-order valence-electron chi connectivity index (χ0n) is 20.8. The van der Waals surface area contributed by atoms with E-state index in [-0.39, 0.29) is 37.4 Å². The van der Waals surface area contributed by atoms with Crippen LogP contribution in [0, 0.1) is 5.41 Å². The van der Waals surface area contributed by atoms with Gasteiger partial charge in [-0.3, -0.25) is 15.0 Å². The molecule has 2 aliphatic rings. The largest absolute Gasteiger partial charge is 0.508 e. The summed E-state index contributed by atoms with van der Waals surface area (Å²) in [5.74, 6) is 0.198. The second kappa shape index (κ2) is 14.7. The minimum absolute atomic E-state index is 0. The van der Waals surface area contributed by atoms with E-state index in [1.54, 1.807) is 11.1 Å². The lowest BCUT2D eigenvalue weighted by molar-refractivity contribution is -0.123. The molecule has 6 N–H and O–H groups in total. The maximum absolute atomic E-state index is 11.4. The Morgan fingerprint density at radius 2 is 1.89 bits per heavy atom. The first-order chi connectivity index (χ1) is 17.4. The van der Waals surface area contributed by atoms with Crippen LogP contribution in [0.3, 0.4) is 0 Å². The van der Waals surface area contributed by atoms with Gasteiger partial charge in [-0.1, -0.05) is 36.4 Å². The van der Waals surface area contributed by atoms with Crippen molar-refractivity contribution in [1.82, 2.24) is 4.90 Å². The zero-order chi connectivity index (χ0) is 26.5. The highest BCUT2D eigenvalue weighted by Crippen LogP contribution is 2.39. The molecule has 1 aliphatic carbocycles. The van der Waals surface area contributed by atoms with Gasteiger partial charge < -0.3 is 30.9 Å². The first-order valence-corrected chi connectivity index (χ1v) is 11.8. The Morgan fingerprint density at radius 1 is 1.19 bits per heavy atom. The number of Topliss-reactive ketones (excluding diaryl/α,β-unsaturated/α-hetero) is 1. The van der Waals surface area contributed by atoms with Crippen LogP contribution in [0.1, 0.15) is 44.7 Å². The number of benzene rings is 2. The second-order valence-electron chi connectivity index (χ2n) is 8.36. The molecule has 2 aromatic carbocycles. The average molecular weight is 499 g/mol. The quantitative estimate of drug-likeness (QED) is 0.249. The van der Waals surface area contributed by atoms with Gasteiger partial charge in [0.2, 0.25) is 5.91 Å². The van der Waals surface area contributed by atoms with E-state index < -0.39 is 0 Å². The standard InChI is InChI=1S/C17H22N4O4.C9H10.CH4O.H2/c1-11(22)16(18)13-5-4-12(23)9-14(13)20-6-8-25-10-21-7-2-3-15(21)17(19)24;1-2-4-8(5-3-1)9-6-7-9;1-2;/h2,4-5,7,9,15,18,20,23H,3,6,8,10H2,1H3,(H2,19,24);1-5,9H,6-7H2;2H,1H3;1H/t15-;;;/m0.../s1. The molecule has 0 radical (unpaired) electrons. The molecule has 1 amide bonds. The van der Waals surface area contributed by atoms with Crippen molar-refractivity contribution in [3.63, 3.8) is 0 Å². The van der Waals surface area contributed by atoms with Gasteiger partial charge in [-0.15, -0.1) is 0 Å². The van der Waals surface area contributed by atoms with Gasteiger partial charge in [0.25, 0.3) is 0 Å². The number of nitrogens with one attached hydrogen (secondary N) is 2. The Morgan fingerprint density at radius 3 is 2.50 bits per heavy atom. The molecule has 1 heterocycles. The zero-order valence-corrected chi connectivity index (χ0v) is 20.8. The number of phenolic OH excluding ortho intramolecular Hbond substituents is 1. The molecule has 0 spiro atoms. The van der Waals surface area contributed by atoms with Crippen LogP contribution in [0.25, 0.3) is 0 Å². The summed E-state index contributed by atoms with van der Waals surface area (Å²) in [7, 11) is 1.00. The predicted octanol–water partition coefficient (Wildman–Crippen LogP) is 3.23. The van der Waals surface area contributed by atoms with Crippen molar-refractivity contribution in [1.29, 1.82) is 5.41 Å². The smallest absolute Gasteiger partial charge is 0.240 e. The number of amides is 1. The highest BCUT2D eigenvalue weighted by molar-refractivity contribution is 6.45. The first-order valence-electron chi connectivity index (χ1n) is 11.8. The fraction of sp³-hybridized carbons (Fsp3) is 0.370. The predicted molar refractivity (Wildman–Crippen MR) is 142 cm³/mol. The number of carbonyl (C=O) groups excluding carboxylic acids is 2. The Labute approximate surface area is 213 Å². The van der Waals surface area contributed by atoms with Gasteiger partial charge in [0.15, 0.2) is 5.78 Å². The van der Waals surface area contributed by atoms with Gasteiger partial charge in [-0.05, 0) is 49.1 Å². The molecule has 0 bridgehead atoms. The van der Waals surface area contributed by atoms with Crippen LogP contribution in [-0.4, -0.2) is 65.5 Å². The molecule has 4 rings (SSSR count). The van der Waals surface area contributed by atoms with Crippen molar-refractivity contribution in [3.8, 4) is 5.75 Å². The van der Waals surface area contributed by atoms with Gasteiger partial charge in [0.1, 0.15) is 24.2 Å². The maximum Gasteiger partial charge on any atom is 0.240 e. The van der Waals surface area contributed by atoms with Gasteiger partial charge in [-0.25, -0.2) is 0 Å². The number of rotatable bonds is 10. The number of aromatic hydroxyl groups is 1. The molecule has 0 saturated heterocycles. The summed E-state index contributed by atoms with van der Waals surface area (Å²) in [6.45, 7) is 2.29. The number of anilines is 1. The molecule has 196 valence electrons. The van der Waals surface area contributed by atoms with Gasteiger partial charge >= 0.3 is 0 Å². The Hall–Kier alpha value is -3.69. The summed E-state index contributed by atoms with van der Waals surface area (Å²) in [5.41, 5.74) is 7.62. The molecular formula is C27H38N4O5. The third-order valence-corrected chi connectivity index (χ3v) is 5.66. The van der Waals surface area contributed by atoms with E-state index in [1.165, 1.54) is 43.5 Å².